The zero-order chi connectivity index (χ0) is 15.8. The Balaban J connectivity index is 2.47. The van der Waals surface area contributed by atoms with E-state index in [1.54, 1.807) is 0 Å². The van der Waals surface area contributed by atoms with Gasteiger partial charge in [-0.1, -0.05) is 26.0 Å². The van der Waals surface area contributed by atoms with E-state index in [1.807, 2.05) is 38.1 Å². The minimum absolute atomic E-state index is 0.00951. The lowest BCUT2D eigenvalue weighted by atomic mass is 10.1. The molecule has 1 aromatic carbocycles. The molecule has 0 saturated heterocycles. The second kappa shape index (κ2) is 8.67. The van der Waals surface area contributed by atoms with E-state index in [1.165, 1.54) is 0 Å². The fourth-order valence-electron chi connectivity index (χ4n) is 1.87. The minimum atomic E-state index is -0.00951. The molecule has 0 spiro atoms. The van der Waals surface area contributed by atoms with Crippen LogP contribution in [0.3, 0.4) is 0 Å². The number of nitrogens with two attached hydrogens (primary N) is 1. The highest BCUT2D eigenvalue weighted by atomic mass is 16.5. The number of carbonyl (C=O) groups excluding carboxylic acids is 1. The van der Waals surface area contributed by atoms with Gasteiger partial charge in [-0.3, -0.25) is 4.79 Å². The molecule has 1 rings (SSSR count). The molecule has 3 N–H and O–H groups in total. The summed E-state index contributed by atoms with van der Waals surface area (Å²) in [7, 11) is 0. The molecule has 1 aromatic rings. The van der Waals surface area contributed by atoms with Crippen molar-refractivity contribution in [3.05, 3.63) is 29.8 Å². The second-order valence-electron chi connectivity index (χ2n) is 6.08. The predicted molar refractivity (Wildman–Crippen MR) is 86.2 cm³/mol. The van der Waals surface area contributed by atoms with Crippen molar-refractivity contribution in [2.45, 2.75) is 52.6 Å². The SMILES string of the molecule is CC(C)COc1ccc(C(C)NC(=O)CCC(C)N)cc1. The van der Waals surface area contributed by atoms with Crippen molar-refractivity contribution in [1.29, 1.82) is 0 Å². The molecule has 0 aliphatic heterocycles. The van der Waals surface area contributed by atoms with Gasteiger partial charge in [-0.2, -0.15) is 0 Å². The van der Waals surface area contributed by atoms with Crippen LogP contribution in [0.5, 0.6) is 5.75 Å². The van der Waals surface area contributed by atoms with E-state index in [0.29, 0.717) is 25.4 Å². The largest absolute Gasteiger partial charge is 0.493 e. The van der Waals surface area contributed by atoms with Gasteiger partial charge in [0.25, 0.3) is 0 Å². The molecule has 0 fully saturated rings. The first-order chi connectivity index (χ1) is 9.88. The molecule has 4 nitrogen and oxygen atoms in total. The summed E-state index contributed by atoms with van der Waals surface area (Å²) in [5.74, 6) is 1.41. The Morgan fingerprint density at radius 1 is 1.19 bits per heavy atom. The molecule has 0 aliphatic rings. The number of amides is 1. The maximum absolute atomic E-state index is 11.8. The van der Waals surface area contributed by atoms with Gasteiger partial charge in [0.2, 0.25) is 5.91 Å². The Bertz CT molecular complexity index is 427. The number of carbonyl (C=O) groups is 1. The van der Waals surface area contributed by atoms with Crippen molar-refractivity contribution in [3.63, 3.8) is 0 Å². The Morgan fingerprint density at radius 2 is 1.81 bits per heavy atom. The van der Waals surface area contributed by atoms with Crippen LogP contribution in [0.4, 0.5) is 0 Å². The van der Waals surface area contributed by atoms with Gasteiger partial charge in [-0.25, -0.2) is 0 Å². The number of nitrogens with one attached hydrogen (secondary N) is 1. The van der Waals surface area contributed by atoms with Crippen molar-refractivity contribution < 1.29 is 9.53 Å². The highest BCUT2D eigenvalue weighted by Crippen LogP contribution is 2.18. The van der Waals surface area contributed by atoms with Crippen LogP contribution in [0.2, 0.25) is 0 Å². The molecule has 0 radical (unpaired) electrons. The van der Waals surface area contributed by atoms with Gasteiger partial charge in [-0.15, -0.1) is 0 Å². The average Bonchev–Trinajstić information content (AvgIpc) is 2.43. The molecule has 0 aliphatic carbocycles. The fourth-order valence-corrected chi connectivity index (χ4v) is 1.87. The topological polar surface area (TPSA) is 64.3 Å². The normalized spacial score (nSPS) is 13.8. The highest BCUT2D eigenvalue weighted by Gasteiger charge is 2.10. The summed E-state index contributed by atoms with van der Waals surface area (Å²) < 4.78 is 5.65. The second-order valence-corrected chi connectivity index (χ2v) is 6.08. The van der Waals surface area contributed by atoms with Gasteiger partial charge in [0.15, 0.2) is 0 Å². The molecule has 0 heterocycles. The summed E-state index contributed by atoms with van der Waals surface area (Å²) in [6.45, 7) is 8.84. The Labute approximate surface area is 128 Å². The average molecular weight is 292 g/mol. The van der Waals surface area contributed by atoms with Gasteiger partial charge in [0, 0.05) is 12.5 Å². The fraction of sp³-hybridized carbons (Fsp3) is 0.588. The number of rotatable bonds is 8. The van der Waals surface area contributed by atoms with Gasteiger partial charge >= 0.3 is 0 Å². The van der Waals surface area contributed by atoms with Gasteiger partial charge < -0.3 is 15.8 Å². The lowest BCUT2D eigenvalue weighted by molar-refractivity contribution is -0.121. The summed E-state index contributed by atoms with van der Waals surface area (Å²) in [4.78, 5) is 11.8. The van der Waals surface area contributed by atoms with E-state index in [2.05, 4.69) is 19.2 Å². The van der Waals surface area contributed by atoms with E-state index in [0.717, 1.165) is 11.3 Å². The summed E-state index contributed by atoms with van der Waals surface area (Å²) in [5.41, 5.74) is 6.73. The zero-order valence-corrected chi connectivity index (χ0v) is 13.6. The quantitative estimate of drug-likeness (QED) is 0.774. The Kier molecular flexibility index (Phi) is 7.23. The first kappa shape index (κ1) is 17.5. The van der Waals surface area contributed by atoms with Gasteiger partial charge in [-0.05, 0) is 43.9 Å². The van der Waals surface area contributed by atoms with Crippen LogP contribution in [0.25, 0.3) is 0 Å². The molecule has 21 heavy (non-hydrogen) atoms. The van der Waals surface area contributed by atoms with Crippen LogP contribution in [-0.2, 0) is 4.79 Å². The van der Waals surface area contributed by atoms with Crippen molar-refractivity contribution in [1.82, 2.24) is 5.32 Å². The highest BCUT2D eigenvalue weighted by molar-refractivity contribution is 5.76. The van der Waals surface area contributed by atoms with Crippen LogP contribution in [-0.4, -0.2) is 18.6 Å². The third kappa shape index (κ3) is 7.14. The third-order valence-electron chi connectivity index (χ3n) is 3.17. The number of benzene rings is 1. The molecule has 1 amide bonds. The standard InChI is InChI=1S/C17H28N2O2/c1-12(2)11-21-16-8-6-15(7-9-16)14(4)19-17(20)10-5-13(3)18/h6-9,12-14H,5,10-11,18H2,1-4H3,(H,19,20). The summed E-state index contributed by atoms with van der Waals surface area (Å²) in [6, 6.07) is 7.93. The van der Waals surface area contributed by atoms with E-state index in [9.17, 15) is 4.79 Å². The first-order valence-corrected chi connectivity index (χ1v) is 7.66. The first-order valence-electron chi connectivity index (χ1n) is 7.66. The van der Waals surface area contributed by atoms with Crippen molar-refractivity contribution in [2.75, 3.05) is 6.61 Å². The number of hydrogen-bond donors (Lipinski definition) is 2. The maximum Gasteiger partial charge on any atom is 0.220 e. The molecule has 0 aromatic heterocycles. The van der Waals surface area contributed by atoms with Crippen molar-refractivity contribution in [2.24, 2.45) is 11.7 Å². The lowest BCUT2D eigenvalue weighted by Crippen LogP contribution is -2.28. The minimum Gasteiger partial charge on any atom is -0.493 e. The molecular formula is C17H28N2O2. The van der Waals surface area contributed by atoms with E-state index in [4.69, 9.17) is 10.5 Å². The van der Waals surface area contributed by atoms with Crippen molar-refractivity contribution in [3.8, 4) is 5.75 Å². The molecular weight excluding hydrogens is 264 g/mol. The van der Waals surface area contributed by atoms with Crippen LogP contribution in [0.15, 0.2) is 24.3 Å². The molecule has 2 atom stereocenters. The molecule has 0 bridgehead atoms. The molecule has 0 saturated carbocycles. The number of ether oxygens (including phenoxy) is 1. The van der Waals surface area contributed by atoms with Crippen LogP contribution >= 0.6 is 0 Å². The van der Waals surface area contributed by atoms with Crippen LogP contribution < -0.4 is 15.8 Å². The lowest BCUT2D eigenvalue weighted by Gasteiger charge is -2.16. The Morgan fingerprint density at radius 3 is 2.33 bits per heavy atom. The maximum atomic E-state index is 11.8. The summed E-state index contributed by atoms with van der Waals surface area (Å²) in [5, 5.41) is 2.99. The van der Waals surface area contributed by atoms with E-state index < -0.39 is 0 Å². The summed E-state index contributed by atoms with van der Waals surface area (Å²) >= 11 is 0. The molecule has 4 heteroatoms. The van der Waals surface area contributed by atoms with Crippen molar-refractivity contribution >= 4 is 5.91 Å². The predicted octanol–water partition coefficient (Wildman–Crippen LogP) is 3.03. The van der Waals surface area contributed by atoms with Crippen LogP contribution in [0, 0.1) is 5.92 Å². The molecule has 118 valence electrons. The number of hydrogen-bond acceptors (Lipinski definition) is 3. The monoisotopic (exact) mass is 292 g/mol. The van der Waals surface area contributed by atoms with Crippen LogP contribution in [0.1, 0.15) is 52.1 Å². The summed E-state index contributed by atoms with van der Waals surface area (Å²) in [6.07, 6.45) is 1.18. The smallest absolute Gasteiger partial charge is 0.220 e. The molecule has 2 unspecified atom stereocenters. The van der Waals surface area contributed by atoms with E-state index >= 15 is 0 Å². The zero-order valence-electron chi connectivity index (χ0n) is 13.6. The van der Waals surface area contributed by atoms with Gasteiger partial charge in [0.1, 0.15) is 5.75 Å². The Hall–Kier alpha value is -1.55. The third-order valence-corrected chi connectivity index (χ3v) is 3.17. The van der Waals surface area contributed by atoms with E-state index in [-0.39, 0.29) is 18.0 Å². The van der Waals surface area contributed by atoms with Gasteiger partial charge in [0.05, 0.1) is 12.6 Å².